The molecule has 0 radical (unpaired) electrons. The molecule has 1 aliphatic carbocycles. The van der Waals surface area contributed by atoms with Gasteiger partial charge in [-0.3, -0.25) is 4.79 Å². The van der Waals surface area contributed by atoms with Gasteiger partial charge in [-0.05, 0) is 24.1 Å². The fourth-order valence-electron chi connectivity index (χ4n) is 2.22. The van der Waals surface area contributed by atoms with E-state index in [1.165, 1.54) is 0 Å². The zero-order valence-electron chi connectivity index (χ0n) is 10.4. The first kappa shape index (κ1) is 11.7. The Bertz CT molecular complexity index is 477. The fraction of sp³-hybridized carbons (Fsp3) is 0.357. The summed E-state index contributed by atoms with van der Waals surface area (Å²) in [6.07, 6.45) is 0.794. The Hall–Kier alpha value is -1.77. The molecule has 1 aliphatic rings. The lowest BCUT2D eigenvalue weighted by Crippen LogP contribution is -2.06. The van der Waals surface area contributed by atoms with Crippen molar-refractivity contribution in [2.24, 2.45) is 5.92 Å². The van der Waals surface area contributed by atoms with E-state index in [9.17, 15) is 4.79 Å². The first-order chi connectivity index (χ1) is 8.17. The van der Waals surface area contributed by atoms with Gasteiger partial charge in [0.1, 0.15) is 5.75 Å². The van der Waals surface area contributed by atoms with Gasteiger partial charge in [0, 0.05) is 24.2 Å². The summed E-state index contributed by atoms with van der Waals surface area (Å²) < 4.78 is 5.19. The normalized spacial score (nSPS) is 19.7. The van der Waals surface area contributed by atoms with Gasteiger partial charge in [-0.1, -0.05) is 19.1 Å². The molecule has 1 unspecified atom stereocenters. The van der Waals surface area contributed by atoms with Crippen LogP contribution in [0.2, 0.25) is 0 Å². The van der Waals surface area contributed by atoms with Crippen molar-refractivity contribution >= 4 is 11.4 Å². The summed E-state index contributed by atoms with van der Waals surface area (Å²) in [5, 5.41) is 3.13. The van der Waals surface area contributed by atoms with Crippen LogP contribution in [-0.4, -0.2) is 19.9 Å². The van der Waals surface area contributed by atoms with Crippen LogP contribution in [0.25, 0.3) is 5.57 Å². The molecule has 3 nitrogen and oxygen atoms in total. The molecule has 0 amide bonds. The molecule has 2 rings (SSSR count). The molecule has 0 bridgehead atoms. The van der Waals surface area contributed by atoms with Gasteiger partial charge in [0.15, 0.2) is 5.78 Å². The Morgan fingerprint density at radius 3 is 2.82 bits per heavy atom. The first-order valence-corrected chi connectivity index (χ1v) is 5.77. The SMILES string of the molecule is CNC1=C(c2cccc(OC)c2)C(=O)C(C)C1. The quantitative estimate of drug-likeness (QED) is 0.867. The van der Waals surface area contributed by atoms with E-state index in [4.69, 9.17) is 4.74 Å². The maximum Gasteiger partial charge on any atom is 0.168 e. The Morgan fingerprint density at radius 2 is 2.18 bits per heavy atom. The minimum absolute atomic E-state index is 0.0682. The summed E-state index contributed by atoms with van der Waals surface area (Å²) in [6, 6.07) is 7.64. The van der Waals surface area contributed by atoms with Crippen LogP contribution < -0.4 is 10.1 Å². The zero-order valence-corrected chi connectivity index (χ0v) is 10.4. The van der Waals surface area contributed by atoms with Gasteiger partial charge in [0.25, 0.3) is 0 Å². The topological polar surface area (TPSA) is 38.3 Å². The highest BCUT2D eigenvalue weighted by atomic mass is 16.5. The first-order valence-electron chi connectivity index (χ1n) is 5.77. The van der Waals surface area contributed by atoms with Crippen molar-refractivity contribution in [3.05, 3.63) is 35.5 Å². The molecule has 0 heterocycles. The molecule has 0 spiro atoms. The number of hydrogen-bond acceptors (Lipinski definition) is 3. The predicted molar refractivity (Wildman–Crippen MR) is 67.8 cm³/mol. The summed E-state index contributed by atoms with van der Waals surface area (Å²) in [6.45, 7) is 1.97. The van der Waals surface area contributed by atoms with Crippen LogP contribution in [-0.2, 0) is 4.79 Å². The molecule has 1 atom stereocenters. The average molecular weight is 231 g/mol. The van der Waals surface area contributed by atoms with Gasteiger partial charge >= 0.3 is 0 Å². The number of carbonyl (C=O) groups excluding carboxylic acids is 1. The van der Waals surface area contributed by atoms with Gasteiger partial charge in [0.2, 0.25) is 0 Å². The zero-order chi connectivity index (χ0) is 12.4. The largest absolute Gasteiger partial charge is 0.497 e. The number of carbonyl (C=O) groups is 1. The molecule has 0 saturated carbocycles. The van der Waals surface area contributed by atoms with Crippen LogP contribution in [0.5, 0.6) is 5.75 Å². The van der Waals surface area contributed by atoms with Crippen LogP contribution >= 0.6 is 0 Å². The number of methoxy groups -OCH3 is 1. The van der Waals surface area contributed by atoms with E-state index in [0.29, 0.717) is 0 Å². The number of Topliss-reactive ketones (excluding diaryl/α,β-unsaturated/α-hetero) is 1. The maximum atomic E-state index is 12.1. The van der Waals surface area contributed by atoms with Crippen LogP contribution in [0.3, 0.4) is 0 Å². The fourth-order valence-corrected chi connectivity index (χ4v) is 2.22. The second kappa shape index (κ2) is 4.62. The van der Waals surface area contributed by atoms with Crippen LogP contribution in [0.15, 0.2) is 30.0 Å². The van der Waals surface area contributed by atoms with Gasteiger partial charge < -0.3 is 10.1 Å². The van der Waals surface area contributed by atoms with Crippen LogP contribution in [0.1, 0.15) is 18.9 Å². The van der Waals surface area contributed by atoms with Crippen molar-refractivity contribution in [3.8, 4) is 5.75 Å². The lowest BCUT2D eigenvalue weighted by atomic mass is 10.0. The Balaban J connectivity index is 2.47. The van der Waals surface area contributed by atoms with E-state index in [2.05, 4.69) is 5.32 Å². The molecule has 0 aromatic heterocycles. The van der Waals surface area contributed by atoms with E-state index in [1.807, 2.05) is 38.2 Å². The minimum atomic E-state index is 0.0682. The number of ketones is 1. The highest BCUT2D eigenvalue weighted by molar-refractivity contribution is 6.24. The molecule has 0 aliphatic heterocycles. The van der Waals surface area contributed by atoms with Crippen molar-refractivity contribution in [1.29, 1.82) is 0 Å². The molecule has 0 fully saturated rings. The van der Waals surface area contributed by atoms with E-state index in [1.54, 1.807) is 7.11 Å². The second-order valence-corrected chi connectivity index (χ2v) is 4.30. The standard InChI is InChI=1S/C14H17NO2/c1-9-7-12(15-2)13(14(9)16)10-5-4-6-11(8-10)17-3/h4-6,8-9,15H,7H2,1-3H3. The molecular weight excluding hydrogens is 214 g/mol. The molecule has 90 valence electrons. The Kier molecular flexibility index (Phi) is 3.18. The highest BCUT2D eigenvalue weighted by Crippen LogP contribution is 2.34. The number of hydrogen-bond donors (Lipinski definition) is 1. The molecule has 3 heteroatoms. The summed E-state index contributed by atoms with van der Waals surface area (Å²) in [7, 11) is 3.49. The third kappa shape index (κ3) is 2.05. The lowest BCUT2D eigenvalue weighted by Gasteiger charge is -2.07. The van der Waals surface area contributed by atoms with Gasteiger partial charge in [-0.2, -0.15) is 0 Å². The van der Waals surface area contributed by atoms with E-state index in [-0.39, 0.29) is 11.7 Å². The monoisotopic (exact) mass is 231 g/mol. The highest BCUT2D eigenvalue weighted by Gasteiger charge is 2.30. The van der Waals surface area contributed by atoms with E-state index in [0.717, 1.165) is 29.0 Å². The Labute approximate surface area is 101 Å². The summed E-state index contributed by atoms with van der Waals surface area (Å²) in [5.74, 6) is 1.05. The maximum absolute atomic E-state index is 12.1. The average Bonchev–Trinajstić information content (AvgIpc) is 2.65. The lowest BCUT2D eigenvalue weighted by molar-refractivity contribution is -0.116. The minimum Gasteiger partial charge on any atom is -0.497 e. The Morgan fingerprint density at radius 1 is 1.41 bits per heavy atom. The van der Waals surface area contributed by atoms with Gasteiger partial charge in [-0.15, -0.1) is 0 Å². The third-order valence-corrected chi connectivity index (χ3v) is 3.17. The van der Waals surface area contributed by atoms with Crippen molar-refractivity contribution in [2.75, 3.05) is 14.2 Å². The third-order valence-electron chi connectivity index (χ3n) is 3.17. The smallest absolute Gasteiger partial charge is 0.168 e. The number of allylic oxidation sites excluding steroid dienone is 2. The van der Waals surface area contributed by atoms with Crippen LogP contribution in [0, 0.1) is 5.92 Å². The summed E-state index contributed by atoms with van der Waals surface area (Å²) in [4.78, 5) is 12.1. The summed E-state index contributed by atoms with van der Waals surface area (Å²) in [5.41, 5.74) is 2.76. The van der Waals surface area contributed by atoms with Crippen molar-refractivity contribution in [3.63, 3.8) is 0 Å². The van der Waals surface area contributed by atoms with Gasteiger partial charge in [0.05, 0.1) is 7.11 Å². The molecular formula is C14H17NO2. The van der Waals surface area contributed by atoms with Crippen molar-refractivity contribution < 1.29 is 9.53 Å². The van der Waals surface area contributed by atoms with Gasteiger partial charge in [-0.25, -0.2) is 0 Å². The molecule has 1 aromatic carbocycles. The predicted octanol–water partition coefficient (Wildman–Crippen LogP) is 2.23. The van der Waals surface area contributed by atoms with E-state index < -0.39 is 0 Å². The molecule has 1 N–H and O–H groups in total. The second-order valence-electron chi connectivity index (χ2n) is 4.30. The number of rotatable bonds is 3. The number of nitrogens with one attached hydrogen (secondary N) is 1. The summed E-state index contributed by atoms with van der Waals surface area (Å²) >= 11 is 0. The molecule has 17 heavy (non-hydrogen) atoms. The molecule has 1 aromatic rings. The van der Waals surface area contributed by atoms with Crippen molar-refractivity contribution in [1.82, 2.24) is 5.32 Å². The number of benzene rings is 1. The van der Waals surface area contributed by atoms with Crippen LogP contribution in [0.4, 0.5) is 0 Å². The number of ether oxygens (including phenoxy) is 1. The molecule has 0 saturated heterocycles. The van der Waals surface area contributed by atoms with E-state index >= 15 is 0 Å². The van der Waals surface area contributed by atoms with Crippen molar-refractivity contribution in [2.45, 2.75) is 13.3 Å².